The number of nitrogens with zero attached hydrogens (tertiary/aromatic N) is 3. The number of anilines is 1. The van der Waals surface area contributed by atoms with Crippen molar-refractivity contribution in [3.8, 4) is 0 Å². The topological polar surface area (TPSA) is 56.7 Å². The molecule has 92 valence electrons. The van der Waals surface area contributed by atoms with E-state index >= 15 is 0 Å². The van der Waals surface area contributed by atoms with Crippen molar-refractivity contribution in [3.63, 3.8) is 0 Å². The summed E-state index contributed by atoms with van der Waals surface area (Å²) in [5, 5.41) is 1.94. The summed E-state index contributed by atoms with van der Waals surface area (Å²) in [7, 11) is 0. The zero-order valence-electron chi connectivity index (χ0n) is 9.10. The molecule has 2 aromatic heterocycles. The third-order valence-electron chi connectivity index (χ3n) is 2.62. The van der Waals surface area contributed by atoms with Crippen molar-refractivity contribution in [2.45, 2.75) is 6.54 Å². The molecule has 0 saturated heterocycles. The maximum Gasteiger partial charge on any atom is 0.201 e. The second-order valence-electron chi connectivity index (χ2n) is 3.79. The minimum Gasteiger partial charge on any atom is -0.369 e. The quantitative estimate of drug-likeness (QED) is 0.702. The van der Waals surface area contributed by atoms with Gasteiger partial charge in [0.05, 0.1) is 32.4 Å². The lowest BCUT2D eigenvalue weighted by Crippen LogP contribution is -2.04. The summed E-state index contributed by atoms with van der Waals surface area (Å²) in [4.78, 5) is 8.44. The highest BCUT2D eigenvalue weighted by Gasteiger charge is 2.12. The third kappa shape index (κ3) is 1.97. The van der Waals surface area contributed by atoms with Gasteiger partial charge in [0.1, 0.15) is 5.82 Å². The van der Waals surface area contributed by atoms with Gasteiger partial charge in [0.15, 0.2) is 0 Å². The largest absolute Gasteiger partial charge is 0.369 e. The Hall–Kier alpha value is -1.22. The van der Waals surface area contributed by atoms with Crippen molar-refractivity contribution < 1.29 is 4.39 Å². The molecule has 0 amide bonds. The molecule has 0 bridgehead atoms. The highest BCUT2D eigenvalue weighted by atomic mass is 127. The summed E-state index contributed by atoms with van der Waals surface area (Å²) in [6, 6.07) is 3.16. The lowest BCUT2D eigenvalue weighted by Gasteiger charge is -2.04. The van der Waals surface area contributed by atoms with E-state index in [4.69, 9.17) is 5.73 Å². The maximum absolute atomic E-state index is 13.6. The molecule has 0 fully saturated rings. The molecule has 2 N–H and O–H groups in total. The van der Waals surface area contributed by atoms with Crippen LogP contribution in [0.25, 0.3) is 11.0 Å². The van der Waals surface area contributed by atoms with Crippen LogP contribution >= 0.6 is 33.9 Å². The number of aromatic nitrogens is 3. The maximum atomic E-state index is 13.6. The van der Waals surface area contributed by atoms with Gasteiger partial charge in [0.25, 0.3) is 0 Å². The third-order valence-corrected chi connectivity index (χ3v) is 4.09. The van der Waals surface area contributed by atoms with Gasteiger partial charge in [-0.25, -0.2) is 14.4 Å². The minimum absolute atomic E-state index is 0.262. The van der Waals surface area contributed by atoms with Gasteiger partial charge in [-0.2, -0.15) is 0 Å². The zero-order chi connectivity index (χ0) is 12.7. The lowest BCUT2D eigenvalue weighted by molar-refractivity contribution is 0.621. The van der Waals surface area contributed by atoms with Gasteiger partial charge in [-0.3, -0.25) is 0 Å². The van der Waals surface area contributed by atoms with Gasteiger partial charge in [0.2, 0.25) is 5.95 Å². The number of nitrogen functional groups attached to an aromatic ring is 1. The summed E-state index contributed by atoms with van der Waals surface area (Å²) in [5.74, 6) is 0.113. The number of hydrogen-bond donors (Lipinski definition) is 1. The number of hydrogen-bond acceptors (Lipinski definition) is 4. The Morgan fingerprint density at radius 3 is 3.00 bits per heavy atom. The number of rotatable bonds is 2. The molecule has 4 nitrogen and oxygen atoms in total. The first kappa shape index (κ1) is 11.8. The zero-order valence-corrected chi connectivity index (χ0v) is 12.1. The molecule has 0 spiro atoms. The predicted octanol–water partition coefficient (Wildman–Crippen LogP) is 2.87. The summed E-state index contributed by atoms with van der Waals surface area (Å²) in [5.41, 5.74) is 9.92. The Balaban J connectivity index is 2.16. The number of benzene rings is 1. The Bertz CT molecular complexity index is 707. The Kier molecular flexibility index (Phi) is 2.94. The van der Waals surface area contributed by atoms with Crippen molar-refractivity contribution in [1.82, 2.24) is 14.5 Å². The van der Waals surface area contributed by atoms with Crippen molar-refractivity contribution in [2.75, 3.05) is 5.73 Å². The molecule has 3 rings (SSSR count). The van der Waals surface area contributed by atoms with Crippen LogP contribution < -0.4 is 5.73 Å². The molecule has 3 aromatic rings. The van der Waals surface area contributed by atoms with Crippen molar-refractivity contribution in [3.05, 3.63) is 38.1 Å². The first-order chi connectivity index (χ1) is 8.65. The molecule has 0 aliphatic carbocycles. The van der Waals surface area contributed by atoms with E-state index in [0.717, 1.165) is 5.69 Å². The van der Waals surface area contributed by atoms with E-state index in [9.17, 15) is 4.39 Å². The van der Waals surface area contributed by atoms with Crippen LogP contribution in [-0.4, -0.2) is 14.5 Å². The van der Waals surface area contributed by atoms with Gasteiger partial charge in [-0.15, -0.1) is 11.3 Å². The van der Waals surface area contributed by atoms with Gasteiger partial charge < -0.3 is 10.3 Å². The summed E-state index contributed by atoms with van der Waals surface area (Å²) in [6.45, 7) is 0.506. The van der Waals surface area contributed by atoms with Crippen LogP contribution in [0.4, 0.5) is 10.3 Å². The molecular weight excluding hydrogens is 366 g/mol. The molecule has 0 radical (unpaired) electrons. The number of imidazole rings is 1. The lowest BCUT2D eigenvalue weighted by atomic mass is 10.3. The summed E-state index contributed by atoms with van der Waals surface area (Å²) in [6.07, 6.45) is 0. The normalized spacial score (nSPS) is 11.2. The van der Waals surface area contributed by atoms with Crippen LogP contribution in [0.3, 0.4) is 0 Å². The second-order valence-corrected chi connectivity index (χ2v) is 5.67. The first-order valence-corrected chi connectivity index (χ1v) is 7.15. The van der Waals surface area contributed by atoms with Crippen molar-refractivity contribution in [2.24, 2.45) is 0 Å². The van der Waals surface area contributed by atoms with E-state index in [2.05, 4.69) is 9.97 Å². The molecule has 2 heterocycles. The number of halogens is 2. The Morgan fingerprint density at radius 1 is 1.44 bits per heavy atom. The van der Waals surface area contributed by atoms with Gasteiger partial charge in [-0.1, -0.05) is 0 Å². The highest BCUT2D eigenvalue weighted by Crippen LogP contribution is 2.23. The fourth-order valence-electron chi connectivity index (χ4n) is 1.78. The van der Waals surface area contributed by atoms with E-state index in [1.807, 2.05) is 28.0 Å². The van der Waals surface area contributed by atoms with Crippen LogP contribution in [0.15, 0.2) is 23.0 Å². The van der Waals surface area contributed by atoms with Gasteiger partial charge in [0, 0.05) is 11.4 Å². The minimum atomic E-state index is -0.262. The van der Waals surface area contributed by atoms with Crippen molar-refractivity contribution in [1.29, 1.82) is 0 Å². The average molecular weight is 374 g/mol. The summed E-state index contributed by atoms with van der Waals surface area (Å²) >= 11 is 3.46. The fraction of sp³-hybridized carbons (Fsp3) is 0.0909. The average Bonchev–Trinajstić information content (AvgIpc) is 2.92. The van der Waals surface area contributed by atoms with E-state index < -0.39 is 0 Å². The second kappa shape index (κ2) is 4.47. The molecule has 1 aromatic carbocycles. The highest BCUT2D eigenvalue weighted by molar-refractivity contribution is 14.1. The molecule has 0 unspecified atom stereocenters. The van der Waals surface area contributed by atoms with Crippen LogP contribution in [0, 0.1) is 9.39 Å². The molecular formula is C11H8FIN4S. The smallest absolute Gasteiger partial charge is 0.201 e. The number of thiazole rings is 1. The predicted molar refractivity (Wildman–Crippen MR) is 78.0 cm³/mol. The molecule has 0 saturated carbocycles. The first-order valence-electron chi connectivity index (χ1n) is 5.13. The molecule has 0 atom stereocenters. The van der Waals surface area contributed by atoms with Gasteiger partial charge >= 0.3 is 0 Å². The molecule has 7 heteroatoms. The molecule has 18 heavy (non-hydrogen) atoms. The Labute approximate surface area is 120 Å². The SMILES string of the molecule is Nc1nc2cc(I)c(F)cc2n1Cc1cscn1. The van der Waals surface area contributed by atoms with Crippen LogP contribution in [0.1, 0.15) is 5.69 Å². The van der Waals surface area contributed by atoms with Crippen molar-refractivity contribution >= 4 is 50.9 Å². The monoisotopic (exact) mass is 374 g/mol. The van der Waals surface area contributed by atoms with Crippen LogP contribution in [0.2, 0.25) is 0 Å². The standard InChI is InChI=1S/C11H8FIN4S/c12-7-1-10-9(2-8(7)13)16-11(14)17(10)3-6-4-18-5-15-6/h1-2,4-5H,3H2,(H2,14,16). The Morgan fingerprint density at radius 2 is 2.28 bits per heavy atom. The summed E-state index contributed by atoms with van der Waals surface area (Å²) < 4.78 is 15.9. The van der Waals surface area contributed by atoms with E-state index in [0.29, 0.717) is 27.1 Å². The van der Waals surface area contributed by atoms with Crippen LogP contribution in [-0.2, 0) is 6.54 Å². The molecule has 0 aliphatic rings. The number of nitrogens with two attached hydrogens (primary N) is 1. The molecule has 0 aliphatic heterocycles. The van der Waals surface area contributed by atoms with Gasteiger partial charge in [-0.05, 0) is 28.7 Å². The fourth-order valence-corrected chi connectivity index (χ4v) is 2.78. The van der Waals surface area contributed by atoms with Crippen LogP contribution in [0.5, 0.6) is 0 Å². The van der Waals surface area contributed by atoms with E-state index in [1.54, 1.807) is 16.1 Å². The number of fused-ring (bicyclic) bond motifs is 1. The van der Waals surface area contributed by atoms with E-state index in [1.165, 1.54) is 17.4 Å². The van der Waals surface area contributed by atoms with E-state index in [-0.39, 0.29) is 5.82 Å².